The van der Waals surface area contributed by atoms with Crippen molar-refractivity contribution >= 4 is 23.1 Å². The smallest absolute Gasteiger partial charge is 0.0664 e. The number of benzene rings is 3. The van der Waals surface area contributed by atoms with Crippen LogP contribution in [0.1, 0.15) is 16.7 Å². The van der Waals surface area contributed by atoms with Gasteiger partial charge in [0.1, 0.15) is 0 Å². The average Bonchev–Trinajstić information content (AvgIpc) is 2.82. The van der Waals surface area contributed by atoms with Gasteiger partial charge in [-0.25, -0.2) is 0 Å². The number of rotatable bonds is 1. The van der Waals surface area contributed by atoms with Crippen LogP contribution in [0, 0.1) is 20.8 Å². The highest BCUT2D eigenvalue weighted by Gasteiger charge is 2.34. The molecular weight excluding hydrogens is 263 g/mol. The van der Waals surface area contributed by atoms with E-state index in [9.17, 15) is 0 Å². The second-order valence-electron chi connectivity index (χ2n) is 6.42. The van der Waals surface area contributed by atoms with Gasteiger partial charge in [-0.1, -0.05) is 93.7 Å². The summed E-state index contributed by atoms with van der Waals surface area (Å²) < 4.78 is 0. The Morgan fingerprint density at radius 2 is 1.09 bits per heavy atom. The molecule has 1 aliphatic rings. The average molecular weight is 282 g/mol. The minimum absolute atomic E-state index is 0.369. The lowest BCUT2D eigenvalue weighted by Crippen LogP contribution is -2.51. The van der Waals surface area contributed by atoms with Crippen LogP contribution in [0.5, 0.6) is 0 Å². The Kier molecular flexibility index (Phi) is 2.97. The highest BCUT2D eigenvalue weighted by atomic mass is 14.2. The normalized spacial score (nSPS) is 12.2. The molecule has 0 radical (unpaired) electrons. The van der Waals surface area contributed by atoms with Crippen molar-refractivity contribution in [3.05, 3.63) is 77.4 Å². The van der Waals surface area contributed by atoms with Crippen molar-refractivity contribution < 1.29 is 0 Å². The number of hydrogen-bond donors (Lipinski definition) is 0. The summed E-state index contributed by atoms with van der Waals surface area (Å²) in [5.74, 6) is 0. The molecule has 0 fully saturated rings. The van der Waals surface area contributed by atoms with Crippen LogP contribution in [0.3, 0.4) is 0 Å². The third-order valence-corrected chi connectivity index (χ3v) is 4.86. The topological polar surface area (TPSA) is 0 Å². The Hall–Kier alpha value is -2.28. The molecule has 0 saturated carbocycles. The molecule has 4 rings (SSSR count). The van der Waals surface area contributed by atoms with Gasteiger partial charge in [-0.05, 0) is 31.9 Å². The maximum atomic E-state index is 2.31. The van der Waals surface area contributed by atoms with E-state index in [-0.39, 0.29) is 0 Å². The Morgan fingerprint density at radius 3 is 1.59 bits per heavy atom. The molecule has 106 valence electrons. The third-order valence-electron chi connectivity index (χ3n) is 4.86. The molecule has 0 aromatic heterocycles. The van der Waals surface area contributed by atoms with Crippen LogP contribution < -0.4 is 16.4 Å². The van der Waals surface area contributed by atoms with Crippen molar-refractivity contribution in [1.82, 2.24) is 0 Å². The van der Waals surface area contributed by atoms with E-state index in [2.05, 4.69) is 81.4 Å². The fraction of sp³-hybridized carbons (Fsp3) is 0.143. The summed E-state index contributed by atoms with van der Waals surface area (Å²) >= 11 is 0. The molecule has 22 heavy (non-hydrogen) atoms. The zero-order valence-corrected chi connectivity index (χ0v) is 13.4. The first-order chi connectivity index (χ1) is 10.7. The fourth-order valence-corrected chi connectivity index (χ4v) is 4.11. The van der Waals surface area contributed by atoms with E-state index in [0.29, 0.717) is 6.71 Å². The first-order valence-electron chi connectivity index (χ1n) is 7.93. The summed E-state index contributed by atoms with van der Waals surface area (Å²) in [6.07, 6.45) is 0. The van der Waals surface area contributed by atoms with Crippen LogP contribution >= 0.6 is 0 Å². The Morgan fingerprint density at radius 1 is 0.636 bits per heavy atom. The second kappa shape index (κ2) is 4.88. The summed E-state index contributed by atoms with van der Waals surface area (Å²) in [5, 5.41) is 0. The summed E-state index contributed by atoms with van der Waals surface area (Å²) in [4.78, 5) is 0. The second-order valence-corrected chi connectivity index (χ2v) is 6.42. The maximum Gasteiger partial charge on any atom is 0.243 e. The van der Waals surface area contributed by atoms with Gasteiger partial charge < -0.3 is 0 Å². The largest absolute Gasteiger partial charge is 0.243 e. The molecule has 0 N–H and O–H groups in total. The predicted octanol–water partition coefficient (Wildman–Crippen LogP) is 3.11. The molecule has 0 aliphatic carbocycles. The Bertz CT molecular complexity index is 808. The zero-order chi connectivity index (χ0) is 15.3. The molecule has 3 aromatic rings. The van der Waals surface area contributed by atoms with Gasteiger partial charge in [0.2, 0.25) is 6.71 Å². The number of fused-ring (bicyclic) bond motifs is 3. The van der Waals surface area contributed by atoms with E-state index in [1.165, 1.54) is 44.2 Å². The minimum atomic E-state index is 0.369. The van der Waals surface area contributed by atoms with Gasteiger partial charge >= 0.3 is 0 Å². The minimum Gasteiger partial charge on any atom is -0.0664 e. The van der Waals surface area contributed by atoms with Crippen LogP contribution in [0.2, 0.25) is 0 Å². The predicted molar refractivity (Wildman–Crippen MR) is 97.2 cm³/mol. The molecule has 0 amide bonds. The number of hydrogen-bond acceptors (Lipinski definition) is 0. The van der Waals surface area contributed by atoms with E-state index in [0.717, 1.165) is 0 Å². The molecule has 3 aromatic carbocycles. The van der Waals surface area contributed by atoms with Gasteiger partial charge in [-0.2, -0.15) is 0 Å². The number of aryl methyl sites for hydroxylation is 3. The van der Waals surface area contributed by atoms with Crippen molar-refractivity contribution in [2.45, 2.75) is 20.8 Å². The van der Waals surface area contributed by atoms with Crippen LogP contribution in [0.25, 0.3) is 11.1 Å². The zero-order valence-electron chi connectivity index (χ0n) is 13.4. The monoisotopic (exact) mass is 282 g/mol. The maximum absolute atomic E-state index is 2.31. The van der Waals surface area contributed by atoms with Crippen LogP contribution in [0.15, 0.2) is 60.7 Å². The highest BCUT2D eigenvalue weighted by Crippen LogP contribution is 2.23. The molecule has 0 unspecified atom stereocenters. The fourth-order valence-electron chi connectivity index (χ4n) is 4.11. The molecule has 0 nitrogen and oxygen atoms in total. The van der Waals surface area contributed by atoms with Crippen molar-refractivity contribution in [1.29, 1.82) is 0 Å². The van der Waals surface area contributed by atoms with Gasteiger partial charge in [-0.15, -0.1) is 0 Å². The van der Waals surface area contributed by atoms with Crippen molar-refractivity contribution in [3.63, 3.8) is 0 Å². The highest BCUT2D eigenvalue weighted by molar-refractivity contribution is 6.99. The summed E-state index contributed by atoms with van der Waals surface area (Å²) in [6, 6.07) is 22.3. The van der Waals surface area contributed by atoms with Gasteiger partial charge in [0, 0.05) is 0 Å². The van der Waals surface area contributed by atoms with Crippen molar-refractivity contribution in [3.8, 4) is 11.1 Å². The van der Waals surface area contributed by atoms with Crippen molar-refractivity contribution in [2.24, 2.45) is 0 Å². The van der Waals surface area contributed by atoms with Gasteiger partial charge in [0.15, 0.2) is 0 Å². The molecule has 1 heterocycles. The summed E-state index contributed by atoms with van der Waals surface area (Å²) in [6.45, 7) is 7.05. The molecule has 1 aliphatic heterocycles. The molecule has 1 heteroatoms. The molecule has 0 atom stereocenters. The molecule has 0 bridgehead atoms. The van der Waals surface area contributed by atoms with E-state index in [1.807, 2.05) is 0 Å². The van der Waals surface area contributed by atoms with Gasteiger partial charge in [-0.3, -0.25) is 0 Å². The van der Waals surface area contributed by atoms with E-state index in [4.69, 9.17) is 0 Å². The first-order valence-corrected chi connectivity index (χ1v) is 7.93. The Labute approximate surface area is 132 Å². The van der Waals surface area contributed by atoms with Crippen LogP contribution in [-0.2, 0) is 0 Å². The van der Waals surface area contributed by atoms with Crippen molar-refractivity contribution in [2.75, 3.05) is 0 Å². The van der Waals surface area contributed by atoms with Crippen LogP contribution in [0.4, 0.5) is 0 Å². The summed E-state index contributed by atoms with van der Waals surface area (Å²) in [5.41, 5.74) is 11.3. The standard InChI is InChI=1S/C21H19B/c1-14-12-15(2)21(16(3)13-14)22-19-10-6-4-8-17(19)18-9-5-7-11-20(18)22/h4-13H,1-3H3. The molecular formula is C21H19B. The van der Waals surface area contributed by atoms with Gasteiger partial charge in [0.05, 0.1) is 0 Å². The quantitative estimate of drug-likeness (QED) is 0.471. The van der Waals surface area contributed by atoms with E-state index >= 15 is 0 Å². The lowest BCUT2D eigenvalue weighted by molar-refractivity contribution is 1.35. The van der Waals surface area contributed by atoms with Gasteiger partial charge in [0.25, 0.3) is 0 Å². The van der Waals surface area contributed by atoms with Crippen LogP contribution in [-0.4, -0.2) is 6.71 Å². The lowest BCUT2D eigenvalue weighted by Gasteiger charge is -2.17. The molecule has 0 spiro atoms. The molecule has 0 saturated heterocycles. The van der Waals surface area contributed by atoms with E-state index < -0.39 is 0 Å². The Balaban J connectivity index is 2.04. The third kappa shape index (κ3) is 1.85. The SMILES string of the molecule is Cc1cc(C)c(B2c3ccccc3-c3ccccc32)c(C)c1. The summed E-state index contributed by atoms with van der Waals surface area (Å²) in [7, 11) is 0. The lowest BCUT2D eigenvalue weighted by atomic mass is 9.37. The van der Waals surface area contributed by atoms with E-state index in [1.54, 1.807) is 0 Å². The first kappa shape index (κ1) is 13.4.